The summed E-state index contributed by atoms with van der Waals surface area (Å²) in [6, 6.07) is 10.8. The molecule has 3 rings (SSSR count). The van der Waals surface area contributed by atoms with Gasteiger partial charge in [0.1, 0.15) is 11.8 Å². The van der Waals surface area contributed by atoms with Crippen LogP contribution in [0.4, 0.5) is 5.69 Å². The fourth-order valence-electron chi connectivity index (χ4n) is 2.55. The van der Waals surface area contributed by atoms with Crippen LogP contribution >= 0.6 is 0 Å². The number of fused-ring (bicyclic) bond motifs is 1. The number of carbonyl (C=O) groups excluding carboxylic acids is 3. The van der Waals surface area contributed by atoms with Crippen molar-refractivity contribution in [2.75, 3.05) is 18.5 Å². The molecule has 0 aromatic heterocycles. The van der Waals surface area contributed by atoms with Crippen LogP contribution in [0.5, 0.6) is 5.75 Å². The van der Waals surface area contributed by atoms with E-state index in [1.165, 1.54) is 37.3 Å². The molecule has 1 aliphatic heterocycles. The van der Waals surface area contributed by atoms with Crippen molar-refractivity contribution in [2.45, 2.75) is 17.9 Å². The van der Waals surface area contributed by atoms with Crippen molar-refractivity contribution in [2.24, 2.45) is 0 Å². The van der Waals surface area contributed by atoms with Gasteiger partial charge in [0, 0.05) is 5.56 Å². The van der Waals surface area contributed by atoms with Gasteiger partial charge in [-0.3, -0.25) is 14.4 Å². The van der Waals surface area contributed by atoms with Crippen LogP contribution in [-0.2, 0) is 24.3 Å². The maximum Gasteiger partial charge on any atom is 0.324 e. The Bertz CT molecular complexity index is 1050. The Kier molecular flexibility index (Phi) is 5.95. The minimum Gasteiger partial charge on any atom is -0.482 e. The van der Waals surface area contributed by atoms with Crippen LogP contribution in [0.3, 0.4) is 0 Å². The number of rotatable bonds is 7. The fourth-order valence-corrected chi connectivity index (χ4v) is 3.76. The van der Waals surface area contributed by atoms with E-state index < -0.39 is 34.4 Å². The molecular weight excluding hydrogens is 400 g/mol. The summed E-state index contributed by atoms with van der Waals surface area (Å²) in [5.74, 6) is -1.32. The average molecular weight is 418 g/mol. The van der Waals surface area contributed by atoms with Gasteiger partial charge in [-0.1, -0.05) is 18.2 Å². The first kappa shape index (κ1) is 20.5. The second-order valence-electron chi connectivity index (χ2n) is 6.23. The maximum atomic E-state index is 12.3. The van der Waals surface area contributed by atoms with Crippen molar-refractivity contribution in [1.29, 1.82) is 0 Å². The molecule has 1 unspecified atom stereocenters. The molecule has 0 fully saturated rings. The zero-order valence-corrected chi connectivity index (χ0v) is 16.2. The molecule has 0 aliphatic carbocycles. The van der Waals surface area contributed by atoms with Crippen LogP contribution in [0.25, 0.3) is 0 Å². The first-order valence-corrected chi connectivity index (χ1v) is 10.1. The van der Waals surface area contributed by atoms with Crippen molar-refractivity contribution < 1.29 is 32.3 Å². The van der Waals surface area contributed by atoms with Crippen LogP contribution in [0.2, 0.25) is 0 Å². The van der Waals surface area contributed by atoms with Gasteiger partial charge in [0.25, 0.3) is 5.91 Å². The predicted molar refractivity (Wildman–Crippen MR) is 102 cm³/mol. The average Bonchev–Trinajstić information content (AvgIpc) is 2.71. The molecule has 2 aromatic carbocycles. The third kappa shape index (κ3) is 4.98. The summed E-state index contributed by atoms with van der Waals surface area (Å²) in [6.07, 6.45) is 0. The van der Waals surface area contributed by atoms with Gasteiger partial charge in [0.05, 0.1) is 10.6 Å². The van der Waals surface area contributed by atoms with Gasteiger partial charge in [0.2, 0.25) is 10.0 Å². The van der Waals surface area contributed by atoms with Gasteiger partial charge in [-0.25, -0.2) is 8.42 Å². The predicted octanol–water partition coefficient (Wildman–Crippen LogP) is 1.11. The molecule has 0 saturated carbocycles. The van der Waals surface area contributed by atoms with E-state index in [9.17, 15) is 22.8 Å². The molecule has 2 aromatic rings. The van der Waals surface area contributed by atoms with E-state index in [-0.39, 0.29) is 23.0 Å². The number of benzene rings is 2. The lowest BCUT2D eigenvalue weighted by molar-refractivity contribution is -0.144. The van der Waals surface area contributed by atoms with Crippen LogP contribution in [0.15, 0.2) is 53.4 Å². The number of nitrogens with one attached hydrogen (secondary N) is 2. The molecule has 0 bridgehead atoms. The highest BCUT2D eigenvalue weighted by molar-refractivity contribution is 7.89. The molecule has 29 heavy (non-hydrogen) atoms. The Morgan fingerprint density at radius 1 is 1.21 bits per heavy atom. The van der Waals surface area contributed by atoms with Crippen molar-refractivity contribution in [3.05, 3.63) is 54.1 Å². The quantitative estimate of drug-likeness (QED) is 0.509. The number of amides is 1. The highest BCUT2D eigenvalue weighted by atomic mass is 32.2. The molecule has 1 amide bonds. The summed E-state index contributed by atoms with van der Waals surface area (Å²) in [5.41, 5.74) is 0.558. The Labute approximate surface area is 167 Å². The lowest BCUT2D eigenvalue weighted by atomic mass is 10.1. The van der Waals surface area contributed by atoms with Crippen LogP contribution in [0.1, 0.15) is 17.3 Å². The smallest absolute Gasteiger partial charge is 0.324 e. The lowest BCUT2D eigenvalue weighted by Crippen LogP contribution is -2.40. The van der Waals surface area contributed by atoms with E-state index in [0.29, 0.717) is 11.4 Å². The number of hydrogen-bond donors (Lipinski definition) is 2. The zero-order valence-electron chi connectivity index (χ0n) is 15.4. The largest absolute Gasteiger partial charge is 0.482 e. The number of esters is 1. The van der Waals surface area contributed by atoms with Gasteiger partial charge in [-0.2, -0.15) is 4.72 Å². The summed E-state index contributed by atoms with van der Waals surface area (Å²) in [7, 11) is -3.90. The SMILES string of the molecule is CC(NS(=O)(=O)c1ccccc1)C(=O)OCC(=O)c1ccc2c(c1)NC(=O)CO2. The normalized spacial score (nSPS) is 14.2. The van der Waals surface area contributed by atoms with Crippen LogP contribution < -0.4 is 14.8 Å². The topological polar surface area (TPSA) is 128 Å². The van der Waals surface area contributed by atoms with Crippen LogP contribution in [0, 0.1) is 0 Å². The molecule has 152 valence electrons. The summed E-state index contributed by atoms with van der Waals surface area (Å²) in [5, 5.41) is 2.58. The molecule has 2 N–H and O–H groups in total. The molecule has 0 spiro atoms. The van der Waals surface area contributed by atoms with E-state index in [0.717, 1.165) is 0 Å². The van der Waals surface area contributed by atoms with Gasteiger partial charge in [-0.05, 0) is 37.3 Å². The van der Waals surface area contributed by atoms with Gasteiger partial charge in [0.15, 0.2) is 19.0 Å². The Morgan fingerprint density at radius 2 is 1.93 bits per heavy atom. The molecule has 10 heteroatoms. The highest BCUT2D eigenvalue weighted by Gasteiger charge is 2.24. The third-order valence-electron chi connectivity index (χ3n) is 4.02. The number of ketones is 1. The molecule has 1 atom stereocenters. The first-order chi connectivity index (χ1) is 13.8. The molecule has 9 nitrogen and oxygen atoms in total. The molecule has 0 saturated heterocycles. The van der Waals surface area contributed by atoms with E-state index in [1.807, 2.05) is 0 Å². The third-order valence-corrected chi connectivity index (χ3v) is 5.58. The van der Waals surface area contributed by atoms with Gasteiger partial charge < -0.3 is 14.8 Å². The van der Waals surface area contributed by atoms with Crippen molar-refractivity contribution in [3.8, 4) is 5.75 Å². The number of anilines is 1. The number of hydrogen-bond acceptors (Lipinski definition) is 7. The van der Waals surface area contributed by atoms with E-state index in [1.54, 1.807) is 18.2 Å². The van der Waals surface area contributed by atoms with Crippen molar-refractivity contribution >= 4 is 33.4 Å². The first-order valence-electron chi connectivity index (χ1n) is 8.60. The van der Waals surface area contributed by atoms with E-state index >= 15 is 0 Å². The summed E-state index contributed by atoms with van der Waals surface area (Å²) < 4.78 is 36.8. The highest BCUT2D eigenvalue weighted by Crippen LogP contribution is 2.28. The number of sulfonamides is 1. The second kappa shape index (κ2) is 8.41. The summed E-state index contributed by atoms with van der Waals surface area (Å²) in [4.78, 5) is 35.7. The number of carbonyl (C=O) groups is 3. The molecular formula is C19H18N2O7S. The minimum atomic E-state index is -3.90. The van der Waals surface area contributed by atoms with Crippen molar-refractivity contribution in [3.63, 3.8) is 0 Å². The zero-order chi connectivity index (χ0) is 21.0. The van der Waals surface area contributed by atoms with E-state index in [4.69, 9.17) is 9.47 Å². The molecule has 1 aliphatic rings. The number of ether oxygens (including phenoxy) is 2. The van der Waals surface area contributed by atoms with Gasteiger partial charge in [-0.15, -0.1) is 0 Å². The Morgan fingerprint density at radius 3 is 2.66 bits per heavy atom. The number of Topliss-reactive ketones (excluding diaryl/α,β-unsaturated/α-hetero) is 1. The Hall–Kier alpha value is -3.24. The summed E-state index contributed by atoms with van der Waals surface area (Å²) in [6.45, 7) is 0.636. The Balaban J connectivity index is 1.58. The molecule has 0 radical (unpaired) electrons. The minimum absolute atomic E-state index is 0.00838. The maximum absolute atomic E-state index is 12.3. The second-order valence-corrected chi connectivity index (χ2v) is 7.95. The molecule has 1 heterocycles. The lowest BCUT2D eigenvalue weighted by Gasteiger charge is -2.18. The fraction of sp³-hybridized carbons (Fsp3) is 0.211. The van der Waals surface area contributed by atoms with Crippen molar-refractivity contribution in [1.82, 2.24) is 4.72 Å². The van der Waals surface area contributed by atoms with Crippen LogP contribution in [-0.4, -0.2) is 45.3 Å². The van der Waals surface area contributed by atoms with Gasteiger partial charge >= 0.3 is 5.97 Å². The van der Waals surface area contributed by atoms with E-state index in [2.05, 4.69) is 10.0 Å². The monoisotopic (exact) mass is 418 g/mol. The summed E-state index contributed by atoms with van der Waals surface area (Å²) >= 11 is 0. The standard InChI is InChI=1S/C19H18N2O7S/c1-12(21-29(25,26)14-5-3-2-4-6-14)19(24)28-10-16(22)13-7-8-17-15(9-13)20-18(23)11-27-17/h2-9,12,21H,10-11H2,1H3,(H,20,23).